The van der Waals surface area contributed by atoms with Gasteiger partial charge in [0.1, 0.15) is 10.1 Å². The van der Waals surface area contributed by atoms with E-state index in [1.165, 1.54) is 36.4 Å². The summed E-state index contributed by atoms with van der Waals surface area (Å²) < 4.78 is 32.3. The summed E-state index contributed by atoms with van der Waals surface area (Å²) in [6.07, 6.45) is 0. The lowest BCUT2D eigenvalue weighted by atomic mass is 10.2. The predicted molar refractivity (Wildman–Crippen MR) is 73.3 cm³/mol. The number of carboxylic acid groups (broad SMARTS) is 1. The molecule has 2 rings (SSSR count). The fourth-order valence-electron chi connectivity index (χ4n) is 1.50. The second-order valence-corrected chi connectivity index (χ2v) is 5.50. The first kappa shape index (κ1) is 15.6. The van der Waals surface area contributed by atoms with Crippen LogP contribution < -0.4 is 10.5 Å². The Hall–Kier alpha value is -2.78. The van der Waals surface area contributed by atoms with Gasteiger partial charge >= 0.3 is 0 Å². The van der Waals surface area contributed by atoms with Crippen molar-refractivity contribution >= 4 is 27.5 Å². The molecule has 8 nitrogen and oxygen atoms in total. The van der Waals surface area contributed by atoms with E-state index in [0.717, 1.165) is 12.1 Å². The molecular weight excluding hydrogens is 310 g/mol. The molecule has 0 fully saturated rings. The fraction of sp³-hybridized carbons (Fsp3) is 0. The zero-order valence-corrected chi connectivity index (χ0v) is 11.8. The smallest absolute Gasteiger partial charge is 0.124 e. The highest BCUT2D eigenvalue weighted by atomic mass is 32.2. The number of carbonyl (C=O) groups excluding carboxylic acids is 1. The minimum absolute atomic E-state index is 0.0388. The monoisotopic (exact) mass is 319 g/mol. The van der Waals surface area contributed by atoms with Gasteiger partial charge in [-0.15, -0.1) is 5.11 Å². The molecule has 0 atom stereocenters. The van der Waals surface area contributed by atoms with Crippen LogP contribution in [0.5, 0.6) is 0 Å². The molecule has 0 aliphatic rings. The number of hydrogen-bond acceptors (Lipinski definition) is 7. The normalized spacial score (nSPS) is 11.5. The highest BCUT2D eigenvalue weighted by Crippen LogP contribution is 2.17. The first-order chi connectivity index (χ1) is 10.4. The molecule has 0 aromatic heterocycles. The van der Waals surface area contributed by atoms with Crippen LogP contribution in [0, 0.1) is 0 Å². The third kappa shape index (κ3) is 4.11. The van der Waals surface area contributed by atoms with Gasteiger partial charge in [-0.1, -0.05) is 17.4 Å². The summed E-state index contributed by atoms with van der Waals surface area (Å²) in [4.78, 5) is 10.2. The predicted octanol–water partition coefficient (Wildman–Crippen LogP) is 1.06. The molecule has 22 heavy (non-hydrogen) atoms. The standard InChI is InChI=1S/C13H11N3O5S/c17-13(18)9-1-3-10(4-2-9)14-16-15-11-5-7-12(8-6-11)22(19,20)21/h1-8H,(H,14,15)(H,17,18)(H,19,20,21)/p-2. The van der Waals surface area contributed by atoms with Crippen LogP contribution >= 0.6 is 0 Å². The molecule has 0 amide bonds. The van der Waals surface area contributed by atoms with E-state index in [4.69, 9.17) is 0 Å². The Morgan fingerprint density at radius 1 is 1.00 bits per heavy atom. The zero-order chi connectivity index (χ0) is 16.2. The first-order valence-electron chi connectivity index (χ1n) is 5.90. The highest BCUT2D eigenvalue weighted by molar-refractivity contribution is 7.85. The highest BCUT2D eigenvalue weighted by Gasteiger charge is 2.00. The molecule has 0 radical (unpaired) electrons. The SMILES string of the molecule is O=C([O-])c1ccc(NN=Nc2ccc(S(=O)(=O)[O-])cc2)cc1. The summed E-state index contributed by atoms with van der Waals surface area (Å²) in [5.74, 6) is -1.28. The van der Waals surface area contributed by atoms with Crippen LogP contribution in [0.25, 0.3) is 0 Å². The number of anilines is 1. The zero-order valence-electron chi connectivity index (χ0n) is 11.0. The molecule has 2 aromatic carbocycles. The third-order valence-corrected chi connectivity index (χ3v) is 3.44. The summed E-state index contributed by atoms with van der Waals surface area (Å²) in [6.45, 7) is 0. The molecule has 114 valence electrons. The summed E-state index contributed by atoms with van der Waals surface area (Å²) in [7, 11) is -4.49. The number of aromatic carboxylic acids is 1. The van der Waals surface area contributed by atoms with Crippen molar-refractivity contribution in [3.8, 4) is 0 Å². The fourth-order valence-corrected chi connectivity index (χ4v) is 1.97. The molecule has 2 aromatic rings. The second kappa shape index (κ2) is 6.33. The van der Waals surface area contributed by atoms with Crippen molar-refractivity contribution in [1.82, 2.24) is 0 Å². The number of nitrogens with one attached hydrogen (secondary N) is 1. The van der Waals surface area contributed by atoms with Gasteiger partial charge in [-0.25, -0.2) is 8.42 Å². The van der Waals surface area contributed by atoms with E-state index in [1.54, 1.807) is 0 Å². The van der Waals surface area contributed by atoms with Gasteiger partial charge in [0, 0.05) is 0 Å². The third-order valence-electron chi connectivity index (χ3n) is 2.59. The summed E-state index contributed by atoms with van der Waals surface area (Å²) in [5, 5.41) is 18.0. The number of carboxylic acids is 1. The van der Waals surface area contributed by atoms with Crippen LogP contribution in [-0.4, -0.2) is 18.9 Å². The van der Waals surface area contributed by atoms with Crippen LogP contribution in [0.4, 0.5) is 11.4 Å². The lowest BCUT2D eigenvalue weighted by Crippen LogP contribution is -2.21. The largest absolute Gasteiger partial charge is 0.744 e. The molecule has 0 unspecified atom stereocenters. The van der Waals surface area contributed by atoms with Crippen molar-refractivity contribution in [2.45, 2.75) is 4.90 Å². The van der Waals surface area contributed by atoms with Crippen molar-refractivity contribution in [2.75, 3.05) is 5.43 Å². The maximum Gasteiger partial charge on any atom is 0.124 e. The molecule has 0 saturated heterocycles. The summed E-state index contributed by atoms with van der Waals surface area (Å²) >= 11 is 0. The summed E-state index contributed by atoms with van der Waals surface area (Å²) in [5.41, 5.74) is 3.45. The number of carbonyl (C=O) groups is 1. The van der Waals surface area contributed by atoms with Gasteiger partial charge in [-0.2, -0.15) is 0 Å². The van der Waals surface area contributed by atoms with Crippen molar-refractivity contribution in [1.29, 1.82) is 0 Å². The number of rotatable bonds is 5. The van der Waals surface area contributed by atoms with E-state index in [0.29, 0.717) is 11.4 Å². The number of benzene rings is 2. The van der Waals surface area contributed by atoms with Crippen LogP contribution in [0.15, 0.2) is 63.8 Å². The van der Waals surface area contributed by atoms with Crippen LogP contribution in [0.3, 0.4) is 0 Å². The maximum atomic E-state index is 10.8. The molecule has 9 heteroatoms. The van der Waals surface area contributed by atoms with E-state index in [9.17, 15) is 22.9 Å². The molecular formula is C13H9N3O5S-2. The van der Waals surface area contributed by atoms with Crippen molar-refractivity contribution in [3.63, 3.8) is 0 Å². The molecule has 0 bridgehead atoms. The average molecular weight is 319 g/mol. The van der Waals surface area contributed by atoms with E-state index >= 15 is 0 Å². The van der Waals surface area contributed by atoms with E-state index in [2.05, 4.69) is 15.8 Å². The Bertz CT molecular complexity index is 799. The lowest BCUT2D eigenvalue weighted by Gasteiger charge is -2.06. The van der Waals surface area contributed by atoms with Gasteiger partial charge in [0.2, 0.25) is 0 Å². The van der Waals surface area contributed by atoms with E-state index in [1.807, 2.05) is 0 Å². The first-order valence-corrected chi connectivity index (χ1v) is 7.31. The molecule has 0 aliphatic carbocycles. The van der Waals surface area contributed by atoms with Crippen molar-refractivity contribution in [3.05, 3.63) is 54.1 Å². The topological polar surface area (TPSA) is 134 Å². The minimum atomic E-state index is -4.49. The van der Waals surface area contributed by atoms with Gasteiger partial charge in [0.05, 0.1) is 22.2 Å². The molecule has 1 N–H and O–H groups in total. The molecule has 0 spiro atoms. The van der Waals surface area contributed by atoms with Crippen LogP contribution in [0.2, 0.25) is 0 Å². The van der Waals surface area contributed by atoms with Gasteiger partial charge in [-0.3, -0.25) is 5.43 Å². The number of nitrogens with zero attached hydrogens (tertiary/aromatic N) is 2. The Labute approximate surface area is 125 Å². The number of hydrogen-bond donors (Lipinski definition) is 1. The van der Waals surface area contributed by atoms with Crippen molar-refractivity contribution in [2.24, 2.45) is 10.3 Å². The van der Waals surface area contributed by atoms with E-state index in [-0.39, 0.29) is 10.5 Å². The Balaban J connectivity index is 2.02. The second-order valence-electron chi connectivity index (χ2n) is 4.12. The Morgan fingerprint density at radius 2 is 1.59 bits per heavy atom. The molecule has 0 heterocycles. The van der Waals surface area contributed by atoms with Gasteiger partial charge in [-0.05, 0) is 42.0 Å². The average Bonchev–Trinajstić information content (AvgIpc) is 2.47. The van der Waals surface area contributed by atoms with Gasteiger partial charge < -0.3 is 14.5 Å². The summed E-state index contributed by atoms with van der Waals surface area (Å²) in [6, 6.07) is 10.6. The van der Waals surface area contributed by atoms with Gasteiger partial charge in [0.15, 0.2) is 0 Å². The Morgan fingerprint density at radius 3 is 2.09 bits per heavy atom. The Kier molecular flexibility index (Phi) is 4.49. The maximum absolute atomic E-state index is 10.8. The van der Waals surface area contributed by atoms with Crippen LogP contribution in [0.1, 0.15) is 10.4 Å². The molecule has 0 aliphatic heterocycles. The van der Waals surface area contributed by atoms with Gasteiger partial charge in [0.25, 0.3) is 0 Å². The quantitative estimate of drug-likeness (QED) is 0.497. The van der Waals surface area contributed by atoms with Crippen LogP contribution in [-0.2, 0) is 10.1 Å². The molecule has 0 saturated carbocycles. The lowest BCUT2D eigenvalue weighted by molar-refractivity contribution is -0.255. The van der Waals surface area contributed by atoms with E-state index < -0.39 is 16.1 Å². The van der Waals surface area contributed by atoms with Crippen molar-refractivity contribution < 1.29 is 22.9 Å². The minimum Gasteiger partial charge on any atom is -0.744 e.